The van der Waals surface area contributed by atoms with Crippen molar-refractivity contribution < 1.29 is 4.74 Å². The van der Waals surface area contributed by atoms with Gasteiger partial charge in [-0.3, -0.25) is 0 Å². The molecule has 0 atom stereocenters. The highest BCUT2D eigenvalue weighted by Crippen LogP contribution is 2.19. The van der Waals surface area contributed by atoms with E-state index in [2.05, 4.69) is 33.7 Å². The molecule has 1 N–H and O–H groups in total. The fourth-order valence-corrected chi connectivity index (χ4v) is 2.65. The van der Waals surface area contributed by atoms with Crippen LogP contribution >= 0.6 is 12.2 Å². The van der Waals surface area contributed by atoms with Gasteiger partial charge in [0.1, 0.15) is 0 Å². The van der Waals surface area contributed by atoms with Gasteiger partial charge in [-0.25, -0.2) is 4.68 Å². The minimum Gasteiger partial charge on any atom is -0.378 e. The largest absolute Gasteiger partial charge is 0.378 e. The van der Waals surface area contributed by atoms with Crippen LogP contribution in [0.1, 0.15) is 5.56 Å². The maximum Gasteiger partial charge on any atom is 0.197 e. The van der Waals surface area contributed by atoms with E-state index in [0.29, 0.717) is 0 Å². The number of ether oxygens (including phenoxy) is 1. The molecule has 1 aliphatic heterocycles. The Morgan fingerprint density at radius 2 is 2.06 bits per heavy atom. The van der Waals surface area contributed by atoms with Crippen LogP contribution in [-0.2, 0) is 4.74 Å². The van der Waals surface area contributed by atoms with Gasteiger partial charge in [0.05, 0.1) is 37.3 Å². The number of fused-ring (bicyclic) bond motifs is 1. The fourth-order valence-electron chi connectivity index (χ4n) is 2.33. The summed E-state index contributed by atoms with van der Waals surface area (Å²) < 4.78 is 8.25. The van der Waals surface area contributed by atoms with Crippen LogP contribution in [0.15, 0.2) is 18.2 Å². The SMILES string of the molecule is Cc1cccc2[nH]c(=S)n(N3CCOCC3)c12. The number of rotatable bonds is 1. The van der Waals surface area contributed by atoms with Gasteiger partial charge in [0.2, 0.25) is 0 Å². The average molecular weight is 249 g/mol. The Kier molecular flexibility index (Phi) is 2.64. The molecule has 1 fully saturated rings. The summed E-state index contributed by atoms with van der Waals surface area (Å²) in [5.41, 5.74) is 3.52. The molecule has 0 bridgehead atoms. The molecule has 2 heterocycles. The number of morpholine rings is 1. The highest BCUT2D eigenvalue weighted by atomic mass is 32.1. The van der Waals surface area contributed by atoms with Crippen molar-refractivity contribution in [1.82, 2.24) is 9.66 Å². The third kappa shape index (κ3) is 1.75. The molecule has 1 saturated heterocycles. The van der Waals surface area contributed by atoms with Crippen LogP contribution in [0.25, 0.3) is 11.0 Å². The molecule has 5 heteroatoms. The smallest absolute Gasteiger partial charge is 0.197 e. The summed E-state index contributed by atoms with van der Waals surface area (Å²) in [5, 5.41) is 2.25. The Morgan fingerprint density at radius 1 is 1.29 bits per heavy atom. The molecule has 1 aromatic carbocycles. The van der Waals surface area contributed by atoms with E-state index in [-0.39, 0.29) is 0 Å². The summed E-state index contributed by atoms with van der Waals surface area (Å²) in [5.74, 6) is 0. The molecular formula is C12H15N3OS. The standard InChI is InChI=1S/C12H15N3OS/c1-9-3-2-4-10-11(9)15(12(17)13-10)14-5-7-16-8-6-14/h2-4H,5-8H2,1H3,(H,13,17). The number of H-pyrrole nitrogens is 1. The van der Waals surface area contributed by atoms with Gasteiger partial charge in [0.15, 0.2) is 4.77 Å². The first-order valence-electron chi connectivity index (χ1n) is 5.81. The number of nitrogens with zero attached hydrogens (tertiary/aromatic N) is 2. The summed E-state index contributed by atoms with van der Waals surface area (Å²) in [7, 11) is 0. The van der Waals surface area contributed by atoms with E-state index in [1.165, 1.54) is 11.1 Å². The minimum absolute atomic E-state index is 0.760. The molecule has 4 nitrogen and oxygen atoms in total. The number of aromatic nitrogens is 2. The van der Waals surface area contributed by atoms with Crippen LogP contribution in [0.2, 0.25) is 0 Å². The average Bonchev–Trinajstić information content (AvgIpc) is 2.68. The topological polar surface area (TPSA) is 33.2 Å². The van der Waals surface area contributed by atoms with Gasteiger partial charge in [0.25, 0.3) is 0 Å². The van der Waals surface area contributed by atoms with Crippen molar-refractivity contribution in [2.45, 2.75) is 6.92 Å². The summed E-state index contributed by atoms with van der Waals surface area (Å²) in [4.78, 5) is 3.26. The maximum absolute atomic E-state index is 5.42. The zero-order chi connectivity index (χ0) is 11.8. The van der Waals surface area contributed by atoms with Crippen molar-refractivity contribution in [1.29, 1.82) is 0 Å². The second-order valence-electron chi connectivity index (χ2n) is 4.28. The van der Waals surface area contributed by atoms with Gasteiger partial charge < -0.3 is 14.7 Å². The van der Waals surface area contributed by atoms with Gasteiger partial charge in [-0.05, 0) is 30.8 Å². The first-order chi connectivity index (χ1) is 8.27. The molecule has 1 aliphatic rings. The molecule has 0 aliphatic carbocycles. The predicted octanol–water partition coefficient (Wildman–Crippen LogP) is 1.98. The molecule has 1 aromatic heterocycles. The Morgan fingerprint density at radius 3 is 2.82 bits per heavy atom. The number of aryl methyl sites for hydroxylation is 1. The van der Waals surface area contributed by atoms with E-state index in [4.69, 9.17) is 17.0 Å². The Balaban J connectivity index is 2.20. The first kappa shape index (κ1) is 10.8. The van der Waals surface area contributed by atoms with E-state index in [0.717, 1.165) is 36.6 Å². The van der Waals surface area contributed by atoms with Crippen LogP contribution in [0.4, 0.5) is 0 Å². The lowest BCUT2D eigenvalue weighted by Crippen LogP contribution is -2.44. The Bertz CT molecular complexity index is 595. The third-order valence-electron chi connectivity index (χ3n) is 3.15. The van der Waals surface area contributed by atoms with E-state index >= 15 is 0 Å². The second kappa shape index (κ2) is 4.16. The Labute approximate surface area is 105 Å². The van der Waals surface area contributed by atoms with E-state index in [1.54, 1.807) is 0 Å². The lowest BCUT2D eigenvalue weighted by atomic mass is 10.2. The third-order valence-corrected chi connectivity index (χ3v) is 3.43. The van der Waals surface area contributed by atoms with Crippen molar-refractivity contribution >= 4 is 23.3 Å². The van der Waals surface area contributed by atoms with Gasteiger partial charge in [0, 0.05) is 0 Å². The van der Waals surface area contributed by atoms with Crippen LogP contribution in [-0.4, -0.2) is 36.0 Å². The number of imidazole rings is 1. The molecule has 0 amide bonds. The second-order valence-corrected chi connectivity index (χ2v) is 4.67. The zero-order valence-electron chi connectivity index (χ0n) is 9.77. The monoisotopic (exact) mass is 249 g/mol. The van der Waals surface area contributed by atoms with Crippen LogP contribution in [0.3, 0.4) is 0 Å². The number of hydrogen-bond donors (Lipinski definition) is 1. The molecular weight excluding hydrogens is 234 g/mol. The minimum atomic E-state index is 0.760. The van der Waals surface area contributed by atoms with Crippen molar-refractivity contribution in [2.75, 3.05) is 31.3 Å². The quantitative estimate of drug-likeness (QED) is 0.785. The molecule has 17 heavy (non-hydrogen) atoms. The van der Waals surface area contributed by atoms with Gasteiger partial charge >= 0.3 is 0 Å². The lowest BCUT2D eigenvalue weighted by Gasteiger charge is -2.30. The van der Waals surface area contributed by atoms with Gasteiger partial charge in [-0.1, -0.05) is 12.1 Å². The number of hydrogen-bond acceptors (Lipinski definition) is 3. The van der Waals surface area contributed by atoms with Crippen LogP contribution in [0, 0.1) is 11.7 Å². The zero-order valence-corrected chi connectivity index (χ0v) is 10.6. The number of para-hydroxylation sites is 1. The van der Waals surface area contributed by atoms with Crippen LogP contribution < -0.4 is 5.01 Å². The normalized spacial score (nSPS) is 16.6. The molecule has 0 spiro atoms. The number of benzene rings is 1. The summed E-state index contributed by atoms with van der Waals surface area (Å²) in [6.07, 6.45) is 0. The number of nitrogens with one attached hydrogen (secondary N) is 1. The van der Waals surface area contributed by atoms with E-state index < -0.39 is 0 Å². The molecule has 0 radical (unpaired) electrons. The lowest BCUT2D eigenvalue weighted by molar-refractivity contribution is 0.111. The maximum atomic E-state index is 5.42. The Hall–Kier alpha value is -1.33. The van der Waals surface area contributed by atoms with E-state index in [9.17, 15) is 0 Å². The first-order valence-corrected chi connectivity index (χ1v) is 6.21. The fraction of sp³-hybridized carbons (Fsp3) is 0.417. The van der Waals surface area contributed by atoms with Gasteiger partial charge in [-0.2, -0.15) is 0 Å². The van der Waals surface area contributed by atoms with E-state index in [1.807, 2.05) is 6.07 Å². The molecule has 2 aromatic rings. The molecule has 0 unspecified atom stereocenters. The molecule has 0 saturated carbocycles. The van der Waals surface area contributed by atoms with Crippen molar-refractivity contribution in [2.24, 2.45) is 0 Å². The summed E-state index contributed by atoms with van der Waals surface area (Å²) in [6.45, 7) is 5.41. The van der Waals surface area contributed by atoms with Gasteiger partial charge in [-0.15, -0.1) is 0 Å². The predicted molar refractivity (Wildman–Crippen MR) is 70.6 cm³/mol. The number of aromatic amines is 1. The highest BCUT2D eigenvalue weighted by molar-refractivity contribution is 7.71. The molecule has 90 valence electrons. The summed E-state index contributed by atoms with van der Waals surface area (Å²) in [6, 6.07) is 6.23. The van der Waals surface area contributed by atoms with Crippen molar-refractivity contribution in [3.8, 4) is 0 Å². The highest BCUT2D eigenvalue weighted by Gasteiger charge is 2.15. The molecule has 3 rings (SSSR count). The summed E-state index contributed by atoms with van der Waals surface area (Å²) >= 11 is 5.42. The van der Waals surface area contributed by atoms with Crippen LogP contribution in [0.5, 0.6) is 0 Å². The van der Waals surface area contributed by atoms with Crippen molar-refractivity contribution in [3.63, 3.8) is 0 Å². The van der Waals surface area contributed by atoms with Crippen molar-refractivity contribution in [3.05, 3.63) is 28.5 Å².